The van der Waals surface area contributed by atoms with Crippen molar-refractivity contribution in [2.45, 2.75) is 13.5 Å². The van der Waals surface area contributed by atoms with E-state index in [1.165, 1.54) is 18.2 Å². The number of carbonyl (C=O) groups is 1. The van der Waals surface area contributed by atoms with Crippen LogP contribution in [0.2, 0.25) is 5.02 Å². The van der Waals surface area contributed by atoms with Crippen LogP contribution in [0.1, 0.15) is 21.7 Å². The first kappa shape index (κ1) is 19.1. The summed E-state index contributed by atoms with van der Waals surface area (Å²) in [6, 6.07) is 11.8. The highest BCUT2D eigenvalue weighted by Crippen LogP contribution is 2.34. The number of nitrogens with one attached hydrogen (secondary N) is 1. The standard InChI is InChI=1S/C20H19ClFN3O2/c1-12-17(19(24-27-12)18-14(21)8-6-9-15(18)22)20(26)23-16-10-5-4-7-13(16)11-25(2)3/h4-10H,11H2,1-3H3,(H,23,26). The SMILES string of the molecule is Cc1onc(-c2c(F)cccc2Cl)c1C(=O)Nc1ccccc1CN(C)C. The lowest BCUT2D eigenvalue weighted by atomic mass is 10.0. The van der Waals surface area contributed by atoms with E-state index in [9.17, 15) is 9.18 Å². The summed E-state index contributed by atoms with van der Waals surface area (Å²) in [4.78, 5) is 15.0. The average Bonchev–Trinajstić information content (AvgIpc) is 2.97. The van der Waals surface area contributed by atoms with Gasteiger partial charge in [0.15, 0.2) is 0 Å². The second-order valence-corrected chi connectivity index (χ2v) is 6.82. The van der Waals surface area contributed by atoms with E-state index in [0.29, 0.717) is 12.2 Å². The number of rotatable bonds is 5. The second kappa shape index (κ2) is 7.90. The van der Waals surface area contributed by atoms with E-state index in [-0.39, 0.29) is 27.6 Å². The summed E-state index contributed by atoms with van der Waals surface area (Å²) in [6.45, 7) is 2.26. The van der Waals surface area contributed by atoms with Gasteiger partial charge in [-0.25, -0.2) is 4.39 Å². The number of hydrogen-bond acceptors (Lipinski definition) is 4. The Morgan fingerprint density at radius 3 is 2.67 bits per heavy atom. The topological polar surface area (TPSA) is 58.4 Å². The first-order chi connectivity index (χ1) is 12.9. The highest BCUT2D eigenvalue weighted by molar-refractivity contribution is 6.33. The molecule has 0 aliphatic heterocycles. The van der Waals surface area contributed by atoms with Crippen molar-refractivity contribution >= 4 is 23.2 Å². The van der Waals surface area contributed by atoms with Gasteiger partial charge in [0.1, 0.15) is 22.8 Å². The van der Waals surface area contributed by atoms with Crippen LogP contribution in [0.3, 0.4) is 0 Å². The van der Waals surface area contributed by atoms with Gasteiger partial charge >= 0.3 is 0 Å². The Kier molecular flexibility index (Phi) is 5.58. The number of halogens is 2. The molecule has 27 heavy (non-hydrogen) atoms. The van der Waals surface area contributed by atoms with Gasteiger partial charge in [-0.05, 0) is 44.8 Å². The van der Waals surface area contributed by atoms with Gasteiger partial charge in [-0.3, -0.25) is 4.79 Å². The van der Waals surface area contributed by atoms with Crippen molar-refractivity contribution in [1.82, 2.24) is 10.1 Å². The van der Waals surface area contributed by atoms with Crippen molar-refractivity contribution in [3.63, 3.8) is 0 Å². The van der Waals surface area contributed by atoms with E-state index in [1.54, 1.807) is 6.92 Å². The van der Waals surface area contributed by atoms with E-state index in [0.717, 1.165) is 5.56 Å². The third-order valence-corrected chi connectivity index (χ3v) is 4.36. The van der Waals surface area contributed by atoms with Gasteiger partial charge in [-0.2, -0.15) is 0 Å². The number of para-hydroxylation sites is 1. The Labute approximate surface area is 161 Å². The number of amides is 1. The second-order valence-electron chi connectivity index (χ2n) is 6.41. The third-order valence-electron chi connectivity index (χ3n) is 4.04. The quantitative estimate of drug-likeness (QED) is 0.686. The van der Waals surface area contributed by atoms with Crippen LogP contribution < -0.4 is 5.32 Å². The molecule has 1 heterocycles. The van der Waals surface area contributed by atoms with Crippen molar-refractivity contribution in [3.05, 3.63) is 70.2 Å². The Hall–Kier alpha value is -2.70. The molecule has 3 rings (SSSR count). The van der Waals surface area contributed by atoms with Gasteiger partial charge in [0.05, 0.1) is 10.6 Å². The summed E-state index contributed by atoms with van der Waals surface area (Å²) in [5.41, 5.74) is 1.90. The molecule has 7 heteroatoms. The molecule has 2 aromatic carbocycles. The summed E-state index contributed by atoms with van der Waals surface area (Å²) < 4.78 is 19.5. The zero-order valence-electron chi connectivity index (χ0n) is 15.2. The molecule has 0 unspecified atom stereocenters. The average molecular weight is 388 g/mol. The lowest BCUT2D eigenvalue weighted by Crippen LogP contribution is -2.17. The highest BCUT2D eigenvalue weighted by Gasteiger charge is 2.25. The molecule has 1 amide bonds. The van der Waals surface area contributed by atoms with Gasteiger partial charge in [0.25, 0.3) is 5.91 Å². The van der Waals surface area contributed by atoms with Crippen LogP contribution in [0.15, 0.2) is 47.0 Å². The predicted octanol–water partition coefficient (Wildman–Crippen LogP) is 4.76. The number of benzene rings is 2. The monoisotopic (exact) mass is 387 g/mol. The van der Waals surface area contributed by atoms with Gasteiger partial charge in [0, 0.05) is 12.2 Å². The maximum Gasteiger partial charge on any atom is 0.261 e. The van der Waals surface area contributed by atoms with Gasteiger partial charge in [-0.15, -0.1) is 0 Å². The van der Waals surface area contributed by atoms with Crippen molar-refractivity contribution in [1.29, 1.82) is 0 Å². The van der Waals surface area contributed by atoms with Crippen LogP contribution in [0.5, 0.6) is 0 Å². The van der Waals surface area contributed by atoms with E-state index >= 15 is 0 Å². The number of carbonyl (C=O) groups excluding carboxylic acids is 1. The molecule has 0 aliphatic carbocycles. The molecule has 0 radical (unpaired) electrons. The molecule has 0 spiro atoms. The first-order valence-corrected chi connectivity index (χ1v) is 8.71. The summed E-state index contributed by atoms with van der Waals surface area (Å²) in [5, 5.41) is 6.91. The fraction of sp³-hybridized carbons (Fsp3) is 0.200. The van der Waals surface area contributed by atoms with E-state index in [4.69, 9.17) is 16.1 Å². The Morgan fingerprint density at radius 1 is 1.22 bits per heavy atom. The van der Waals surface area contributed by atoms with Crippen LogP contribution in [0.25, 0.3) is 11.3 Å². The third kappa shape index (κ3) is 4.02. The lowest BCUT2D eigenvalue weighted by molar-refractivity contribution is 0.102. The maximum atomic E-state index is 14.3. The fourth-order valence-electron chi connectivity index (χ4n) is 2.84. The van der Waals surface area contributed by atoms with Crippen molar-refractivity contribution in [3.8, 4) is 11.3 Å². The molecule has 0 fully saturated rings. The van der Waals surface area contributed by atoms with Gasteiger partial charge in [-0.1, -0.05) is 41.0 Å². The molecule has 3 aromatic rings. The van der Waals surface area contributed by atoms with Crippen LogP contribution in [-0.4, -0.2) is 30.1 Å². The molecule has 0 atom stereocenters. The largest absolute Gasteiger partial charge is 0.360 e. The van der Waals surface area contributed by atoms with Gasteiger partial charge < -0.3 is 14.7 Å². The zero-order valence-corrected chi connectivity index (χ0v) is 16.0. The van der Waals surface area contributed by atoms with Crippen molar-refractivity contribution in [2.24, 2.45) is 0 Å². The van der Waals surface area contributed by atoms with Gasteiger partial charge in [0.2, 0.25) is 0 Å². The molecule has 0 aliphatic rings. The molecule has 0 bridgehead atoms. The van der Waals surface area contributed by atoms with Crippen molar-refractivity contribution in [2.75, 3.05) is 19.4 Å². The number of anilines is 1. The van der Waals surface area contributed by atoms with Crippen LogP contribution in [0.4, 0.5) is 10.1 Å². The predicted molar refractivity (Wildman–Crippen MR) is 103 cm³/mol. The molecule has 5 nitrogen and oxygen atoms in total. The van der Waals surface area contributed by atoms with E-state index in [2.05, 4.69) is 10.5 Å². The molecule has 0 saturated carbocycles. The maximum absolute atomic E-state index is 14.3. The van der Waals surface area contributed by atoms with Crippen LogP contribution >= 0.6 is 11.6 Å². The van der Waals surface area contributed by atoms with Crippen LogP contribution in [-0.2, 0) is 6.54 Å². The van der Waals surface area contributed by atoms with E-state index < -0.39 is 11.7 Å². The molecule has 140 valence electrons. The highest BCUT2D eigenvalue weighted by atomic mass is 35.5. The minimum absolute atomic E-state index is 0.0442. The summed E-state index contributed by atoms with van der Waals surface area (Å²) in [5.74, 6) is -0.723. The smallest absolute Gasteiger partial charge is 0.261 e. The number of nitrogens with zero attached hydrogens (tertiary/aromatic N) is 2. The molecular formula is C20H19ClFN3O2. The first-order valence-electron chi connectivity index (χ1n) is 8.33. The Morgan fingerprint density at radius 2 is 1.96 bits per heavy atom. The Bertz CT molecular complexity index is 965. The summed E-state index contributed by atoms with van der Waals surface area (Å²) >= 11 is 6.13. The zero-order chi connectivity index (χ0) is 19.6. The molecule has 0 saturated heterocycles. The number of aromatic nitrogens is 1. The Balaban J connectivity index is 2.00. The van der Waals surface area contributed by atoms with E-state index in [1.807, 2.05) is 43.3 Å². The number of hydrogen-bond donors (Lipinski definition) is 1. The minimum Gasteiger partial charge on any atom is -0.360 e. The fourth-order valence-corrected chi connectivity index (χ4v) is 3.09. The molecule has 1 aromatic heterocycles. The molecule has 1 N–H and O–H groups in total. The molecular weight excluding hydrogens is 369 g/mol. The normalized spacial score (nSPS) is 11.0. The summed E-state index contributed by atoms with van der Waals surface area (Å²) in [7, 11) is 3.89. The minimum atomic E-state index is -0.571. The van der Waals surface area contributed by atoms with Crippen molar-refractivity contribution < 1.29 is 13.7 Å². The summed E-state index contributed by atoms with van der Waals surface area (Å²) in [6.07, 6.45) is 0. The van der Waals surface area contributed by atoms with Crippen LogP contribution in [0, 0.1) is 12.7 Å². The lowest BCUT2D eigenvalue weighted by Gasteiger charge is -2.15. The number of aryl methyl sites for hydroxylation is 1.